The van der Waals surface area contributed by atoms with E-state index in [4.69, 9.17) is 5.11 Å². The number of hydrogen-bond donors (Lipinski definition) is 1. The molecule has 0 bridgehead atoms. The molecule has 0 radical (unpaired) electrons. The van der Waals surface area contributed by atoms with Crippen LogP contribution in [0, 0.1) is 5.82 Å². The van der Waals surface area contributed by atoms with Gasteiger partial charge in [0.05, 0.1) is 0 Å². The highest BCUT2D eigenvalue weighted by molar-refractivity contribution is 5.20. The van der Waals surface area contributed by atoms with Gasteiger partial charge in [-0.1, -0.05) is 18.2 Å². The Morgan fingerprint density at radius 1 is 1.21 bits per heavy atom. The number of benzene rings is 1. The predicted molar refractivity (Wildman–Crippen MR) is 74.5 cm³/mol. The third kappa shape index (κ3) is 3.75. The Labute approximate surface area is 114 Å². The maximum atomic E-state index is 13.8. The molecule has 1 N–H and O–H groups in total. The minimum Gasteiger partial charge on any atom is -0.396 e. The Kier molecular flexibility index (Phi) is 5.31. The fourth-order valence-electron chi connectivity index (χ4n) is 2.68. The second-order valence-corrected chi connectivity index (χ2v) is 5.15. The molecule has 1 fully saturated rings. The summed E-state index contributed by atoms with van der Waals surface area (Å²) in [5.41, 5.74) is 0.784. The summed E-state index contributed by atoms with van der Waals surface area (Å²) in [5, 5.41) is 8.84. The zero-order chi connectivity index (χ0) is 13.7. The lowest BCUT2D eigenvalue weighted by Crippen LogP contribution is -2.47. The number of aliphatic hydroxyl groups excluding tert-OH is 1. The van der Waals surface area contributed by atoms with Gasteiger partial charge < -0.3 is 10.0 Å². The van der Waals surface area contributed by atoms with Gasteiger partial charge in [0.15, 0.2) is 0 Å². The minimum atomic E-state index is -0.113. The molecular weight excluding hydrogens is 243 g/mol. The van der Waals surface area contributed by atoms with Gasteiger partial charge in [-0.15, -0.1) is 0 Å². The lowest BCUT2D eigenvalue weighted by Gasteiger charge is -2.38. The average Bonchev–Trinajstić information content (AvgIpc) is 2.45. The number of nitrogens with zero attached hydrogens (tertiary/aromatic N) is 2. The van der Waals surface area contributed by atoms with Crippen molar-refractivity contribution in [3.63, 3.8) is 0 Å². The Morgan fingerprint density at radius 3 is 2.53 bits per heavy atom. The van der Waals surface area contributed by atoms with Gasteiger partial charge >= 0.3 is 0 Å². The molecule has 4 heteroatoms. The highest BCUT2D eigenvalue weighted by atomic mass is 19.1. The molecular formula is C15H23FN2O. The fraction of sp³-hybridized carbons (Fsp3) is 0.600. The van der Waals surface area contributed by atoms with Gasteiger partial charge in [-0.3, -0.25) is 4.90 Å². The standard InChI is InChI=1S/C15H23FN2O/c1-13(14-5-2-3-6-15(14)16)18-10-8-17(9-11-18)7-4-12-19/h2-3,5-6,13,19H,4,7-12H2,1H3. The average molecular weight is 266 g/mol. The van der Waals surface area contributed by atoms with Crippen LogP contribution in [-0.4, -0.2) is 54.2 Å². The van der Waals surface area contributed by atoms with Crippen LogP contribution in [0.4, 0.5) is 4.39 Å². The van der Waals surface area contributed by atoms with Gasteiger partial charge in [-0.25, -0.2) is 4.39 Å². The molecule has 0 amide bonds. The Balaban J connectivity index is 1.89. The molecule has 1 aromatic rings. The lowest BCUT2D eigenvalue weighted by molar-refractivity contribution is 0.0959. The second-order valence-electron chi connectivity index (χ2n) is 5.15. The second kappa shape index (κ2) is 6.98. The number of piperazine rings is 1. The quantitative estimate of drug-likeness (QED) is 0.881. The minimum absolute atomic E-state index is 0.113. The van der Waals surface area contributed by atoms with Gasteiger partial charge in [0.1, 0.15) is 5.82 Å². The van der Waals surface area contributed by atoms with Crippen LogP contribution in [-0.2, 0) is 0 Å². The molecule has 1 heterocycles. The van der Waals surface area contributed by atoms with Crippen LogP contribution in [0.3, 0.4) is 0 Å². The van der Waals surface area contributed by atoms with E-state index in [2.05, 4.69) is 16.7 Å². The van der Waals surface area contributed by atoms with Crippen LogP contribution in [0.15, 0.2) is 24.3 Å². The van der Waals surface area contributed by atoms with Gasteiger partial charge in [-0.2, -0.15) is 0 Å². The van der Waals surface area contributed by atoms with Crippen molar-refractivity contribution in [3.05, 3.63) is 35.6 Å². The molecule has 106 valence electrons. The van der Waals surface area contributed by atoms with E-state index in [1.165, 1.54) is 6.07 Å². The fourth-order valence-corrected chi connectivity index (χ4v) is 2.68. The van der Waals surface area contributed by atoms with E-state index >= 15 is 0 Å². The summed E-state index contributed by atoms with van der Waals surface area (Å²) in [6, 6.07) is 7.16. The molecule has 1 unspecified atom stereocenters. The molecule has 2 rings (SSSR count). The zero-order valence-electron chi connectivity index (χ0n) is 11.6. The highest BCUT2D eigenvalue weighted by Gasteiger charge is 2.23. The Morgan fingerprint density at radius 2 is 1.89 bits per heavy atom. The third-order valence-electron chi connectivity index (χ3n) is 3.94. The summed E-state index contributed by atoms with van der Waals surface area (Å²) in [5.74, 6) is -0.113. The predicted octanol–water partition coefficient (Wildman–Crippen LogP) is 1.89. The van der Waals surface area contributed by atoms with E-state index in [1.807, 2.05) is 12.1 Å². The van der Waals surface area contributed by atoms with Crippen LogP contribution in [0.2, 0.25) is 0 Å². The summed E-state index contributed by atoms with van der Waals surface area (Å²) in [4.78, 5) is 4.69. The first-order chi connectivity index (χ1) is 9.22. The van der Waals surface area contributed by atoms with Crippen molar-refractivity contribution in [2.45, 2.75) is 19.4 Å². The molecule has 0 spiro atoms. The monoisotopic (exact) mass is 266 g/mol. The van der Waals surface area contributed by atoms with Crippen LogP contribution in [0.25, 0.3) is 0 Å². The van der Waals surface area contributed by atoms with Crippen LogP contribution in [0.1, 0.15) is 24.9 Å². The first kappa shape index (κ1) is 14.4. The smallest absolute Gasteiger partial charge is 0.127 e. The number of rotatable bonds is 5. The van der Waals surface area contributed by atoms with Crippen molar-refractivity contribution in [2.24, 2.45) is 0 Å². The normalized spacial score (nSPS) is 19.5. The van der Waals surface area contributed by atoms with E-state index in [0.717, 1.165) is 44.7 Å². The van der Waals surface area contributed by atoms with E-state index < -0.39 is 0 Å². The molecule has 1 atom stereocenters. The van der Waals surface area contributed by atoms with Crippen molar-refractivity contribution in [3.8, 4) is 0 Å². The summed E-state index contributed by atoms with van der Waals surface area (Å²) in [7, 11) is 0. The first-order valence-electron chi connectivity index (χ1n) is 7.04. The van der Waals surface area contributed by atoms with Crippen molar-refractivity contribution in [1.82, 2.24) is 9.80 Å². The zero-order valence-corrected chi connectivity index (χ0v) is 11.6. The van der Waals surface area contributed by atoms with E-state index in [9.17, 15) is 4.39 Å². The SMILES string of the molecule is CC(c1ccccc1F)N1CCN(CCCO)CC1. The largest absolute Gasteiger partial charge is 0.396 e. The number of aliphatic hydroxyl groups is 1. The maximum Gasteiger partial charge on any atom is 0.127 e. The van der Waals surface area contributed by atoms with Crippen molar-refractivity contribution < 1.29 is 9.50 Å². The van der Waals surface area contributed by atoms with E-state index in [-0.39, 0.29) is 18.5 Å². The molecule has 0 aromatic heterocycles. The van der Waals surface area contributed by atoms with Crippen LogP contribution in [0.5, 0.6) is 0 Å². The van der Waals surface area contributed by atoms with Gasteiger partial charge in [0, 0.05) is 50.9 Å². The van der Waals surface area contributed by atoms with Crippen LogP contribution < -0.4 is 0 Å². The summed E-state index contributed by atoms with van der Waals surface area (Å²) in [6.45, 7) is 7.20. The van der Waals surface area contributed by atoms with Gasteiger partial charge in [0.2, 0.25) is 0 Å². The molecule has 0 aliphatic carbocycles. The van der Waals surface area contributed by atoms with Crippen molar-refractivity contribution in [1.29, 1.82) is 0 Å². The Hall–Kier alpha value is -0.970. The summed E-state index contributed by atoms with van der Waals surface area (Å²) < 4.78 is 13.8. The summed E-state index contributed by atoms with van der Waals surface area (Å²) >= 11 is 0. The first-order valence-corrected chi connectivity index (χ1v) is 7.04. The van der Waals surface area contributed by atoms with Gasteiger partial charge in [0.25, 0.3) is 0 Å². The van der Waals surface area contributed by atoms with Crippen LogP contribution >= 0.6 is 0 Å². The van der Waals surface area contributed by atoms with E-state index in [0.29, 0.717) is 0 Å². The topological polar surface area (TPSA) is 26.7 Å². The van der Waals surface area contributed by atoms with Gasteiger partial charge in [-0.05, 0) is 19.4 Å². The lowest BCUT2D eigenvalue weighted by atomic mass is 10.1. The maximum absolute atomic E-state index is 13.8. The number of halogens is 1. The molecule has 0 saturated carbocycles. The molecule has 1 aromatic carbocycles. The molecule has 3 nitrogen and oxygen atoms in total. The summed E-state index contributed by atoms with van der Waals surface area (Å²) in [6.07, 6.45) is 0.836. The van der Waals surface area contributed by atoms with Crippen molar-refractivity contribution >= 4 is 0 Å². The number of hydrogen-bond acceptors (Lipinski definition) is 3. The molecule has 1 aliphatic rings. The Bertz CT molecular complexity index is 391. The highest BCUT2D eigenvalue weighted by Crippen LogP contribution is 2.23. The van der Waals surface area contributed by atoms with E-state index in [1.54, 1.807) is 6.07 Å². The molecule has 1 saturated heterocycles. The third-order valence-corrected chi connectivity index (χ3v) is 3.94. The molecule has 1 aliphatic heterocycles. The van der Waals surface area contributed by atoms with Crippen molar-refractivity contribution in [2.75, 3.05) is 39.3 Å². The molecule has 19 heavy (non-hydrogen) atoms.